The summed E-state index contributed by atoms with van der Waals surface area (Å²) in [5.41, 5.74) is 0. The molecule has 0 aromatic heterocycles. The van der Waals surface area contributed by atoms with Crippen molar-refractivity contribution in [2.45, 2.75) is 68.7 Å². The first-order valence-electron chi connectivity index (χ1n) is 9.18. The second-order valence-electron chi connectivity index (χ2n) is 3.75. The minimum atomic E-state index is -3.32. The van der Waals surface area contributed by atoms with E-state index in [1.807, 2.05) is 27.7 Å². The van der Waals surface area contributed by atoms with Crippen LogP contribution in [0, 0.1) is 0 Å². The second-order valence-corrected chi connectivity index (χ2v) is 6.03. The molecule has 0 unspecified atom stereocenters. The number of rotatable bonds is 6. The maximum Gasteiger partial charge on any atom is 0.228 e. The van der Waals surface area contributed by atoms with Gasteiger partial charge in [0.25, 0.3) is 0 Å². The average molecular weight is 469 g/mol. The van der Waals surface area contributed by atoms with Crippen LogP contribution in [0.4, 0.5) is 13.2 Å². The van der Waals surface area contributed by atoms with Crippen LogP contribution in [0.1, 0.15) is 68.7 Å². The smallest absolute Gasteiger partial charge is 0.228 e. The van der Waals surface area contributed by atoms with E-state index in [1.54, 1.807) is 6.92 Å². The van der Waals surface area contributed by atoms with Crippen LogP contribution < -0.4 is 0 Å². The largest absolute Gasteiger partial charge is 0.304 e. The van der Waals surface area contributed by atoms with Crippen LogP contribution in [0.5, 0.6) is 0 Å². The number of carbonyl (C=O) groups is 5. The fourth-order valence-electron chi connectivity index (χ4n) is 0.266. The third-order valence-corrected chi connectivity index (χ3v) is 2.88. The quantitative estimate of drug-likeness (QED) is 0.429. The lowest BCUT2D eigenvalue weighted by atomic mass is 10.3. The number of aldehydes is 2. The molecule has 0 aliphatic rings. The van der Waals surface area contributed by atoms with E-state index in [0.717, 1.165) is 19.5 Å². The van der Waals surface area contributed by atoms with Gasteiger partial charge in [0.1, 0.15) is 19.2 Å². The van der Waals surface area contributed by atoms with Gasteiger partial charge in [0.15, 0.2) is 34.1 Å². The fourth-order valence-corrected chi connectivity index (χ4v) is 0.420. The molecule has 0 fully saturated rings. The molecule has 11 heteroatoms. The molecule has 0 aromatic carbocycles. The number of hydrogen-bond donors (Lipinski definition) is 0. The summed E-state index contributed by atoms with van der Waals surface area (Å²) in [6.07, 6.45) is 1.82. The maximum absolute atomic E-state index is 11.2. The Hall–Kier alpha value is -1.91. The van der Waals surface area contributed by atoms with E-state index >= 15 is 0 Å². The van der Waals surface area contributed by atoms with E-state index in [4.69, 9.17) is 9.59 Å². The van der Waals surface area contributed by atoms with Crippen LogP contribution in [0.25, 0.3) is 0 Å². The predicted molar refractivity (Wildman–Crippen MR) is 115 cm³/mol. The van der Waals surface area contributed by atoms with E-state index < -0.39 is 40.8 Å². The molecule has 0 saturated carbocycles. The first-order chi connectivity index (χ1) is 13.9. The molecule has 184 valence electrons. The number of sulfone groups is 1. The minimum absolute atomic E-state index is 0.108. The Morgan fingerprint density at radius 3 is 1.10 bits per heavy atom. The van der Waals surface area contributed by atoms with E-state index in [-0.39, 0.29) is 11.5 Å². The summed E-state index contributed by atoms with van der Waals surface area (Å²) in [6, 6.07) is -1.23. The predicted octanol–water partition coefficient (Wildman–Crippen LogP) is 3.86. The summed E-state index contributed by atoms with van der Waals surface area (Å²) >= 11 is 0. The van der Waals surface area contributed by atoms with Gasteiger partial charge in [0, 0.05) is 13.3 Å². The molecule has 0 amide bonds. The molecule has 0 bridgehead atoms. The summed E-state index contributed by atoms with van der Waals surface area (Å²) in [5.74, 6) is -2.11. The lowest BCUT2D eigenvalue weighted by molar-refractivity contribution is -0.135. The van der Waals surface area contributed by atoms with E-state index in [9.17, 15) is 36.0 Å². The molecule has 0 atom stereocenters. The monoisotopic (exact) mass is 468 g/mol. The molecule has 0 heterocycles. The van der Waals surface area contributed by atoms with Gasteiger partial charge in [-0.05, 0) is 13.8 Å². The van der Waals surface area contributed by atoms with Crippen molar-refractivity contribution < 1.29 is 45.6 Å². The number of ketones is 3. The summed E-state index contributed by atoms with van der Waals surface area (Å²) in [4.78, 5) is 47.0. The molecule has 0 N–H and O–H groups in total. The van der Waals surface area contributed by atoms with Gasteiger partial charge in [0.05, 0.1) is 5.75 Å². The SMILES string of the molecule is CC.CC.CC(=O)C(=O)CF.CC=O.CC=O.CCC(=O)CF.CCS(=O)(=O)CF. The highest BCUT2D eigenvalue weighted by atomic mass is 32.2. The zero-order valence-electron chi connectivity index (χ0n) is 19.6. The number of hydrogen-bond acceptors (Lipinski definition) is 7. The van der Waals surface area contributed by atoms with E-state index in [1.165, 1.54) is 20.8 Å². The zero-order chi connectivity index (χ0) is 26.2. The Bertz CT molecular complexity index is 459. The highest BCUT2D eigenvalue weighted by molar-refractivity contribution is 7.91. The van der Waals surface area contributed by atoms with Crippen molar-refractivity contribution >= 4 is 39.8 Å². The Kier molecular flexibility index (Phi) is 70.6. The van der Waals surface area contributed by atoms with E-state index in [2.05, 4.69) is 0 Å². The molecule has 0 rings (SSSR count). The zero-order valence-corrected chi connectivity index (χ0v) is 20.4. The first-order valence-corrected chi connectivity index (χ1v) is 11.0. The first kappa shape index (κ1) is 46.3. The van der Waals surface area contributed by atoms with Crippen LogP contribution >= 0.6 is 0 Å². The molecule has 0 aliphatic heterocycles. The topological polar surface area (TPSA) is 119 Å². The van der Waals surface area contributed by atoms with Crippen molar-refractivity contribution in [3.05, 3.63) is 0 Å². The van der Waals surface area contributed by atoms with Gasteiger partial charge in [-0.3, -0.25) is 14.4 Å². The van der Waals surface area contributed by atoms with Gasteiger partial charge < -0.3 is 9.59 Å². The molecule has 0 radical (unpaired) electrons. The molecule has 0 saturated heterocycles. The molecule has 30 heavy (non-hydrogen) atoms. The van der Waals surface area contributed by atoms with Gasteiger partial charge in [-0.1, -0.05) is 41.5 Å². The molecule has 0 aliphatic carbocycles. The Morgan fingerprint density at radius 2 is 1.10 bits per heavy atom. The fraction of sp³-hybridized carbons (Fsp3) is 0.737. The standard InChI is InChI=1S/C4H5FO2.C4H7FO.C3H7FO2S.2C2H4O.2C2H6/c1-3(6)4(7)2-5;1-2-4(6)3-5;1-2-7(5,6)3-4;2*1-2-3;2*1-2/h2H2,1H3;2-3H2,1H3;2-3H2,1H3;2*2H,1H3;2*1-2H3. The third-order valence-electron chi connectivity index (χ3n) is 1.66. The minimum Gasteiger partial charge on any atom is -0.304 e. The Balaban J connectivity index is -0.0000000437. The van der Waals surface area contributed by atoms with Crippen LogP contribution in [-0.4, -0.2) is 63.4 Å². The average Bonchev–Trinajstić information content (AvgIpc) is 2.77. The lowest BCUT2D eigenvalue weighted by Gasteiger charge is -1.86. The third kappa shape index (κ3) is 82.7. The number of Topliss-reactive ketones (excluding diaryl/α,β-unsaturated/α-hetero) is 3. The second kappa shape index (κ2) is 45.7. The van der Waals surface area contributed by atoms with Crippen molar-refractivity contribution in [3.8, 4) is 0 Å². The van der Waals surface area contributed by atoms with Crippen LogP contribution in [-0.2, 0) is 33.8 Å². The van der Waals surface area contributed by atoms with Gasteiger partial charge in [0.2, 0.25) is 5.78 Å². The number of alkyl halides is 3. The highest BCUT2D eigenvalue weighted by Crippen LogP contribution is 1.86. The van der Waals surface area contributed by atoms with E-state index in [0.29, 0.717) is 6.42 Å². The highest BCUT2D eigenvalue weighted by Gasteiger charge is 2.04. The van der Waals surface area contributed by atoms with Crippen molar-refractivity contribution in [3.63, 3.8) is 0 Å². The number of carbonyl (C=O) groups excluding carboxylic acids is 5. The summed E-state index contributed by atoms with van der Waals surface area (Å²) < 4.78 is 53.3. The van der Waals surface area contributed by atoms with Gasteiger partial charge in [-0.25, -0.2) is 21.6 Å². The molecular weight excluding hydrogens is 429 g/mol. The van der Waals surface area contributed by atoms with Crippen molar-refractivity contribution in [2.75, 3.05) is 25.1 Å². The molecular formula is C19H39F3O7S. The molecule has 7 nitrogen and oxygen atoms in total. The summed E-state index contributed by atoms with van der Waals surface area (Å²) in [6.45, 7) is 13.0. The normalized spacial score (nSPS) is 7.60. The Morgan fingerprint density at radius 1 is 0.800 bits per heavy atom. The van der Waals surface area contributed by atoms with Gasteiger partial charge in [-0.15, -0.1) is 0 Å². The van der Waals surface area contributed by atoms with Crippen molar-refractivity contribution in [2.24, 2.45) is 0 Å². The summed E-state index contributed by atoms with van der Waals surface area (Å²) in [5, 5.41) is 0. The van der Waals surface area contributed by atoms with Crippen LogP contribution in [0.15, 0.2) is 0 Å². The van der Waals surface area contributed by atoms with Gasteiger partial charge in [-0.2, -0.15) is 0 Å². The summed E-state index contributed by atoms with van der Waals surface area (Å²) in [7, 11) is -3.32. The lowest BCUT2D eigenvalue weighted by Crippen LogP contribution is -2.10. The van der Waals surface area contributed by atoms with Gasteiger partial charge >= 0.3 is 0 Å². The van der Waals surface area contributed by atoms with Crippen LogP contribution in [0.3, 0.4) is 0 Å². The Labute approximate surface area is 179 Å². The maximum atomic E-state index is 11.2. The number of halogens is 3. The van der Waals surface area contributed by atoms with Crippen LogP contribution in [0.2, 0.25) is 0 Å². The van der Waals surface area contributed by atoms with Crippen molar-refractivity contribution in [1.82, 2.24) is 0 Å². The molecule has 0 spiro atoms. The van der Waals surface area contributed by atoms with Crippen molar-refractivity contribution in [1.29, 1.82) is 0 Å². The molecule has 0 aromatic rings.